The summed E-state index contributed by atoms with van der Waals surface area (Å²) in [4.78, 5) is 20.0. The van der Waals surface area contributed by atoms with Gasteiger partial charge in [-0.05, 0) is 41.5 Å². The van der Waals surface area contributed by atoms with Crippen LogP contribution < -0.4 is 10.1 Å². The first-order valence-electron chi connectivity index (χ1n) is 8.83. The highest BCUT2D eigenvalue weighted by Gasteiger charge is 2.19. The molecule has 3 heterocycles. The lowest BCUT2D eigenvalue weighted by atomic mass is 9.97. The molecule has 0 bridgehead atoms. The summed E-state index contributed by atoms with van der Waals surface area (Å²) >= 11 is 0. The molecule has 1 aliphatic rings. The largest absolute Gasteiger partial charge is 0.488 e. The number of ether oxygens (including phenoxy) is 1. The molecule has 5 nitrogen and oxygen atoms in total. The number of para-hydroxylation sites is 1. The van der Waals surface area contributed by atoms with E-state index in [1.807, 2.05) is 60.9 Å². The second-order valence-corrected chi connectivity index (χ2v) is 6.57. The number of carbonyl (C=O) groups excluding carboxylic acids is 1. The van der Waals surface area contributed by atoms with E-state index in [2.05, 4.69) is 15.3 Å². The van der Waals surface area contributed by atoms with E-state index in [-0.39, 0.29) is 5.91 Å². The van der Waals surface area contributed by atoms with Crippen LogP contribution in [0.25, 0.3) is 22.0 Å². The van der Waals surface area contributed by atoms with Gasteiger partial charge in [-0.3, -0.25) is 9.78 Å². The smallest absolute Gasteiger partial charge is 0.251 e. The van der Waals surface area contributed by atoms with Gasteiger partial charge in [0, 0.05) is 52.7 Å². The predicted octanol–water partition coefficient (Wildman–Crippen LogP) is 4.05. The Morgan fingerprint density at radius 3 is 3.04 bits per heavy atom. The molecule has 2 aromatic heterocycles. The summed E-state index contributed by atoms with van der Waals surface area (Å²) in [6, 6.07) is 15.6. The van der Waals surface area contributed by atoms with Crippen molar-refractivity contribution < 1.29 is 9.53 Å². The third-order valence-corrected chi connectivity index (χ3v) is 4.94. The molecule has 0 aliphatic carbocycles. The van der Waals surface area contributed by atoms with Crippen molar-refractivity contribution in [2.45, 2.75) is 13.2 Å². The van der Waals surface area contributed by atoms with Crippen LogP contribution in [-0.4, -0.2) is 15.9 Å². The van der Waals surface area contributed by atoms with Gasteiger partial charge >= 0.3 is 0 Å². The fourth-order valence-electron chi connectivity index (χ4n) is 3.52. The number of rotatable bonds is 3. The number of nitrogens with one attached hydrogen (secondary N) is 2. The Kier molecular flexibility index (Phi) is 3.64. The van der Waals surface area contributed by atoms with Gasteiger partial charge in [-0.1, -0.05) is 18.2 Å². The van der Waals surface area contributed by atoms with Crippen LogP contribution >= 0.6 is 0 Å². The van der Waals surface area contributed by atoms with Gasteiger partial charge in [-0.25, -0.2) is 0 Å². The van der Waals surface area contributed by atoms with Crippen molar-refractivity contribution in [3.8, 4) is 16.9 Å². The molecule has 0 unspecified atom stereocenters. The molecular weight excluding hydrogens is 338 g/mol. The number of pyridine rings is 1. The number of nitrogens with zero attached hydrogens (tertiary/aromatic N) is 1. The van der Waals surface area contributed by atoms with Gasteiger partial charge in [0.2, 0.25) is 0 Å². The molecule has 1 amide bonds. The number of aromatic amines is 1. The van der Waals surface area contributed by atoms with Crippen LogP contribution in [0.15, 0.2) is 67.1 Å². The number of hydrogen-bond acceptors (Lipinski definition) is 3. The van der Waals surface area contributed by atoms with E-state index in [1.54, 1.807) is 6.20 Å². The van der Waals surface area contributed by atoms with E-state index in [9.17, 15) is 4.79 Å². The van der Waals surface area contributed by atoms with Crippen molar-refractivity contribution in [3.63, 3.8) is 0 Å². The summed E-state index contributed by atoms with van der Waals surface area (Å²) in [7, 11) is 0. The van der Waals surface area contributed by atoms with E-state index >= 15 is 0 Å². The van der Waals surface area contributed by atoms with Crippen LogP contribution in [0, 0.1) is 0 Å². The molecule has 2 aromatic carbocycles. The maximum atomic E-state index is 12.6. The SMILES string of the molecule is O=C(NCc1c[nH]c2ccccc12)c1ccc2c(c1)OCc1cnccc1-2. The van der Waals surface area contributed by atoms with E-state index < -0.39 is 0 Å². The van der Waals surface area contributed by atoms with Crippen molar-refractivity contribution >= 4 is 16.8 Å². The molecule has 2 N–H and O–H groups in total. The molecule has 0 saturated heterocycles. The van der Waals surface area contributed by atoms with Crippen molar-refractivity contribution in [3.05, 3.63) is 83.8 Å². The topological polar surface area (TPSA) is 67.0 Å². The maximum Gasteiger partial charge on any atom is 0.251 e. The third-order valence-electron chi connectivity index (χ3n) is 4.94. The van der Waals surface area contributed by atoms with Crippen LogP contribution in [0.5, 0.6) is 5.75 Å². The van der Waals surface area contributed by atoms with E-state index in [0.717, 1.165) is 38.9 Å². The normalized spacial score (nSPS) is 12.1. The van der Waals surface area contributed by atoms with Gasteiger partial charge < -0.3 is 15.0 Å². The number of aromatic nitrogens is 2. The minimum absolute atomic E-state index is 0.118. The lowest BCUT2D eigenvalue weighted by molar-refractivity contribution is 0.0950. The Labute approximate surface area is 156 Å². The monoisotopic (exact) mass is 355 g/mol. The molecule has 4 aromatic rings. The Morgan fingerprint density at radius 1 is 1.15 bits per heavy atom. The summed E-state index contributed by atoms with van der Waals surface area (Å²) in [6.07, 6.45) is 5.53. The van der Waals surface area contributed by atoms with Gasteiger partial charge in [0.1, 0.15) is 12.4 Å². The average Bonchev–Trinajstić information content (AvgIpc) is 3.14. The van der Waals surface area contributed by atoms with Gasteiger partial charge in [0.05, 0.1) is 0 Å². The van der Waals surface area contributed by atoms with Crippen molar-refractivity contribution in [1.29, 1.82) is 0 Å². The summed E-state index contributed by atoms with van der Waals surface area (Å²) in [6.45, 7) is 0.936. The summed E-state index contributed by atoms with van der Waals surface area (Å²) in [5.74, 6) is 0.612. The molecular formula is C22H17N3O2. The summed E-state index contributed by atoms with van der Waals surface area (Å²) < 4.78 is 5.82. The number of hydrogen-bond donors (Lipinski definition) is 2. The number of amides is 1. The Morgan fingerprint density at radius 2 is 2.07 bits per heavy atom. The average molecular weight is 355 g/mol. The first-order valence-corrected chi connectivity index (χ1v) is 8.83. The van der Waals surface area contributed by atoms with E-state index in [1.165, 1.54) is 0 Å². The molecule has 132 valence electrons. The van der Waals surface area contributed by atoms with Gasteiger partial charge in [0.15, 0.2) is 0 Å². The Bertz CT molecular complexity index is 1160. The molecule has 0 atom stereocenters. The zero-order valence-electron chi connectivity index (χ0n) is 14.5. The second kappa shape index (κ2) is 6.29. The first kappa shape index (κ1) is 15.6. The number of benzene rings is 2. The third kappa shape index (κ3) is 2.73. The number of fused-ring (bicyclic) bond motifs is 4. The lowest BCUT2D eigenvalue weighted by Crippen LogP contribution is -2.22. The van der Waals surface area contributed by atoms with Crippen LogP contribution in [0.3, 0.4) is 0 Å². The minimum Gasteiger partial charge on any atom is -0.488 e. The van der Waals surface area contributed by atoms with Gasteiger partial charge in [-0.2, -0.15) is 0 Å². The highest BCUT2D eigenvalue weighted by Crippen LogP contribution is 2.37. The maximum absolute atomic E-state index is 12.6. The Hall–Kier alpha value is -3.60. The standard InChI is InChI=1S/C22H17N3O2/c26-22(25-12-15-11-24-20-4-2-1-3-18(15)20)14-5-6-19-17-7-8-23-10-16(17)13-27-21(19)9-14/h1-11,24H,12-13H2,(H,25,26). The molecule has 5 heteroatoms. The van der Waals surface area contributed by atoms with Gasteiger partial charge in [0.25, 0.3) is 5.91 Å². The highest BCUT2D eigenvalue weighted by molar-refractivity contribution is 5.96. The molecule has 0 fully saturated rings. The van der Waals surface area contributed by atoms with Crippen LogP contribution in [0.4, 0.5) is 0 Å². The minimum atomic E-state index is -0.118. The van der Waals surface area contributed by atoms with Crippen LogP contribution in [0.1, 0.15) is 21.5 Å². The zero-order chi connectivity index (χ0) is 18.2. The number of carbonyl (C=O) groups is 1. The van der Waals surface area contributed by atoms with E-state index in [4.69, 9.17) is 4.74 Å². The summed E-state index contributed by atoms with van der Waals surface area (Å²) in [5.41, 5.74) is 5.88. The molecule has 0 spiro atoms. The number of H-pyrrole nitrogens is 1. The Balaban J connectivity index is 1.37. The second-order valence-electron chi connectivity index (χ2n) is 6.57. The molecule has 0 saturated carbocycles. The van der Waals surface area contributed by atoms with Gasteiger partial charge in [-0.15, -0.1) is 0 Å². The molecule has 5 rings (SSSR count). The fourth-order valence-corrected chi connectivity index (χ4v) is 3.52. The molecule has 1 aliphatic heterocycles. The quantitative estimate of drug-likeness (QED) is 0.582. The van der Waals surface area contributed by atoms with Crippen LogP contribution in [0.2, 0.25) is 0 Å². The van der Waals surface area contributed by atoms with Crippen molar-refractivity contribution in [2.24, 2.45) is 0 Å². The van der Waals surface area contributed by atoms with Crippen molar-refractivity contribution in [2.75, 3.05) is 0 Å². The predicted molar refractivity (Wildman–Crippen MR) is 103 cm³/mol. The van der Waals surface area contributed by atoms with Crippen molar-refractivity contribution in [1.82, 2.24) is 15.3 Å². The lowest BCUT2D eigenvalue weighted by Gasteiger charge is -2.20. The van der Waals surface area contributed by atoms with Crippen LogP contribution in [-0.2, 0) is 13.2 Å². The first-order chi connectivity index (χ1) is 13.3. The highest BCUT2D eigenvalue weighted by atomic mass is 16.5. The molecule has 0 radical (unpaired) electrons. The zero-order valence-corrected chi connectivity index (χ0v) is 14.5. The van der Waals surface area contributed by atoms with E-state index in [0.29, 0.717) is 18.7 Å². The summed E-state index contributed by atoms with van der Waals surface area (Å²) in [5, 5.41) is 4.12. The molecule has 27 heavy (non-hydrogen) atoms. The fraction of sp³-hybridized carbons (Fsp3) is 0.0909.